The number of unbranched alkanes of at least 4 members (excludes halogenated alkanes) is 2. The van der Waals surface area contributed by atoms with Crippen LogP contribution in [0, 0.1) is 11.8 Å². The van der Waals surface area contributed by atoms with E-state index in [0.29, 0.717) is 12.8 Å². The second-order valence-corrected chi connectivity index (χ2v) is 5.44. The average molecular weight is 316 g/mol. The summed E-state index contributed by atoms with van der Waals surface area (Å²) >= 11 is 0. The van der Waals surface area contributed by atoms with Crippen LogP contribution in [0.25, 0.3) is 0 Å². The summed E-state index contributed by atoms with van der Waals surface area (Å²) in [5.74, 6) is 0.0351. The van der Waals surface area contributed by atoms with E-state index in [9.17, 15) is 9.90 Å². The summed E-state index contributed by atoms with van der Waals surface area (Å²) in [6, 6.07) is 0. The highest BCUT2D eigenvalue weighted by atomic mass is 16.7. The second kappa shape index (κ2) is 13.7. The highest BCUT2D eigenvalue weighted by Crippen LogP contribution is 2.27. The molecule has 0 bridgehead atoms. The van der Waals surface area contributed by atoms with Crippen molar-refractivity contribution >= 4 is 5.97 Å². The standard InChI is InChI=1S/C17H32O5/c1-5-6-7-8-14(9-10-17(21-3)22-4)15(11-12-18)13-16(19)20-2/h9-10,14-15,17-18H,5-8,11-13H2,1-4H3/b10-9+. The molecule has 0 radical (unpaired) electrons. The van der Waals surface area contributed by atoms with E-state index in [1.54, 1.807) is 14.2 Å². The van der Waals surface area contributed by atoms with Crippen molar-refractivity contribution in [2.75, 3.05) is 27.9 Å². The average Bonchev–Trinajstić information content (AvgIpc) is 2.53. The lowest BCUT2D eigenvalue weighted by Crippen LogP contribution is -2.20. The van der Waals surface area contributed by atoms with Gasteiger partial charge in [0.05, 0.1) is 7.11 Å². The van der Waals surface area contributed by atoms with Gasteiger partial charge in [-0.3, -0.25) is 4.79 Å². The van der Waals surface area contributed by atoms with Gasteiger partial charge < -0.3 is 19.3 Å². The maximum Gasteiger partial charge on any atom is 0.305 e. The number of aliphatic hydroxyl groups is 1. The van der Waals surface area contributed by atoms with Crippen molar-refractivity contribution in [3.8, 4) is 0 Å². The molecule has 5 heteroatoms. The van der Waals surface area contributed by atoms with Crippen molar-refractivity contribution in [3.05, 3.63) is 12.2 Å². The zero-order valence-corrected chi connectivity index (χ0v) is 14.4. The van der Waals surface area contributed by atoms with E-state index < -0.39 is 0 Å². The summed E-state index contributed by atoms with van der Waals surface area (Å²) in [6.07, 6.45) is 8.83. The largest absolute Gasteiger partial charge is 0.469 e. The lowest BCUT2D eigenvalue weighted by atomic mass is 9.83. The zero-order chi connectivity index (χ0) is 16.8. The third kappa shape index (κ3) is 9.18. The molecule has 2 atom stereocenters. The predicted molar refractivity (Wildman–Crippen MR) is 86.4 cm³/mol. The van der Waals surface area contributed by atoms with Crippen molar-refractivity contribution in [3.63, 3.8) is 0 Å². The molecular formula is C17H32O5. The molecule has 1 N–H and O–H groups in total. The van der Waals surface area contributed by atoms with Gasteiger partial charge in [-0.2, -0.15) is 0 Å². The molecule has 0 saturated carbocycles. The number of carbonyl (C=O) groups is 1. The monoisotopic (exact) mass is 316 g/mol. The molecule has 0 saturated heterocycles. The quantitative estimate of drug-likeness (QED) is 0.245. The van der Waals surface area contributed by atoms with Gasteiger partial charge in [-0.05, 0) is 30.8 Å². The molecule has 0 fully saturated rings. The molecule has 2 unspecified atom stereocenters. The Morgan fingerprint density at radius 3 is 2.27 bits per heavy atom. The van der Waals surface area contributed by atoms with E-state index in [4.69, 9.17) is 14.2 Å². The second-order valence-electron chi connectivity index (χ2n) is 5.44. The zero-order valence-electron chi connectivity index (χ0n) is 14.4. The highest BCUT2D eigenvalue weighted by Gasteiger charge is 2.22. The van der Waals surface area contributed by atoms with E-state index in [2.05, 4.69) is 13.0 Å². The van der Waals surface area contributed by atoms with Gasteiger partial charge in [0.25, 0.3) is 0 Å². The van der Waals surface area contributed by atoms with Crippen LogP contribution in [0.2, 0.25) is 0 Å². The Morgan fingerprint density at radius 1 is 1.09 bits per heavy atom. The number of hydrogen-bond donors (Lipinski definition) is 1. The molecule has 0 rings (SSSR count). The number of methoxy groups -OCH3 is 3. The van der Waals surface area contributed by atoms with Gasteiger partial charge in [-0.15, -0.1) is 0 Å². The number of aliphatic hydroxyl groups excluding tert-OH is 1. The van der Waals surface area contributed by atoms with Gasteiger partial charge in [0.2, 0.25) is 0 Å². The maximum atomic E-state index is 11.6. The lowest BCUT2D eigenvalue weighted by Gasteiger charge is -2.24. The first-order valence-corrected chi connectivity index (χ1v) is 8.04. The van der Waals surface area contributed by atoms with Crippen molar-refractivity contribution in [1.82, 2.24) is 0 Å². The molecule has 0 aromatic carbocycles. The molecule has 22 heavy (non-hydrogen) atoms. The Hall–Kier alpha value is -0.910. The number of hydrogen-bond acceptors (Lipinski definition) is 5. The minimum atomic E-state index is -0.387. The van der Waals surface area contributed by atoms with Crippen LogP contribution in [0.1, 0.15) is 45.4 Å². The van der Waals surface area contributed by atoms with Crippen LogP contribution in [-0.4, -0.2) is 45.3 Å². The summed E-state index contributed by atoms with van der Waals surface area (Å²) in [7, 11) is 4.57. The number of esters is 1. The third-order valence-corrected chi connectivity index (χ3v) is 3.88. The number of rotatable bonds is 13. The van der Waals surface area contributed by atoms with E-state index >= 15 is 0 Å². The summed E-state index contributed by atoms with van der Waals surface area (Å²) in [4.78, 5) is 11.6. The SMILES string of the molecule is CCCCCC(/C=C/C(OC)OC)C(CCO)CC(=O)OC. The number of allylic oxidation sites excluding steroid dienone is 1. The summed E-state index contributed by atoms with van der Waals surface area (Å²) in [5.41, 5.74) is 0. The molecule has 0 aliphatic heterocycles. The normalized spacial score (nSPS) is 14.5. The molecule has 0 aromatic rings. The summed E-state index contributed by atoms with van der Waals surface area (Å²) in [5, 5.41) is 9.29. The first kappa shape index (κ1) is 21.1. The Morgan fingerprint density at radius 2 is 1.77 bits per heavy atom. The van der Waals surface area contributed by atoms with Crippen LogP contribution in [0.4, 0.5) is 0 Å². The fourth-order valence-electron chi connectivity index (χ4n) is 2.54. The highest BCUT2D eigenvalue weighted by molar-refractivity contribution is 5.69. The number of ether oxygens (including phenoxy) is 3. The van der Waals surface area contributed by atoms with Crippen molar-refractivity contribution < 1.29 is 24.1 Å². The lowest BCUT2D eigenvalue weighted by molar-refractivity contribution is -0.142. The molecule has 0 spiro atoms. The van der Waals surface area contributed by atoms with E-state index in [1.165, 1.54) is 7.11 Å². The van der Waals surface area contributed by atoms with Gasteiger partial charge in [0.1, 0.15) is 0 Å². The minimum absolute atomic E-state index is 0.0672. The molecule has 0 aliphatic rings. The van der Waals surface area contributed by atoms with Crippen LogP contribution in [-0.2, 0) is 19.0 Å². The summed E-state index contributed by atoms with van der Waals surface area (Å²) in [6.45, 7) is 2.23. The Bertz CT molecular complexity index is 299. The summed E-state index contributed by atoms with van der Waals surface area (Å²) < 4.78 is 15.1. The van der Waals surface area contributed by atoms with Crippen LogP contribution >= 0.6 is 0 Å². The van der Waals surface area contributed by atoms with Crippen molar-refractivity contribution in [2.45, 2.75) is 51.7 Å². The van der Waals surface area contributed by atoms with Gasteiger partial charge in [0, 0.05) is 27.2 Å². The molecule has 130 valence electrons. The van der Waals surface area contributed by atoms with Crippen molar-refractivity contribution in [1.29, 1.82) is 0 Å². The molecule has 0 heterocycles. The van der Waals surface area contributed by atoms with E-state index in [1.807, 2.05) is 6.08 Å². The van der Waals surface area contributed by atoms with Crippen LogP contribution in [0.3, 0.4) is 0 Å². The van der Waals surface area contributed by atoms with Gasteiger partial charge in [-0.25, -0.2) is 0 Å². The topological polar surface area (TPSA) is 65.0 Å². The minimum Gasteiger partial charge on any atom is -0.469 e. The molecule has 0 amide bonds. The van der Waals surface area contributed by atoms with E-state index in [0.717, 1.165) is 25.7 Å². The Kier molecular flexibility index (Phi) is 13.2. The third-order valence-electron chi connectivity index (χ3n) is 3.88. The molecule has 5 nitrogen and oxygen atoms in total. The fraction of sp³-hybridized carbons (Fsp3) is 0.824. The first-order valence-electron chi connectivity index (χ1n) is 8.04. The predicted octanol–water partition coefficient (Wildman–Crippen LogP) is 2.92. The van der Waals surface area contributed by atoms with Gasteiger partial charge in [0.15, 0.2) is 6.29 Å². The first-order chi connectivity index (χ1) is 10.6. The molecular weight excluding hydrogens is 284 g/mol. The molecule has 0 aliphatic carbocycles. The van der Waals surface area contributed by atoms with Crippen LogP contribution in [0.15, 0.2) is 12.2 Å². The van der Waals surface area contributed by atoms with Crippen LogP contribution < -0.4 is 0 Å². The molecule has 0 aromatic heterocycles. The maximum absolute atomic E-state index is 11.6. The Labute approximate surface area is 134 Å². The van der Waals surface area contributed by atoms with E-state index in [-0.39, 0.29) is 30.7 Å². The van der Waals surface area contributed by atoms with Gasteiger partial charge in [-0.1, -0.05) is 32.3 Å². The van der Waals surface area contributed by atoms with Gasteiger partial charge >= 0.3 is 5.97 Å². The smallest absolute Gasteiger partial charge is 0.305 e. The fourth-order valence-corrected chi connectivity index (χ4v) is 2.54. The number of carbonyl (C=O) groups excluding carboxylic acids is 1. The van der Waals surface area contributed by atoms with Crippen LogP contribution in [0.5, 0.6) is 0 Å². The van der Waals surface area contributed by atoms with Crippen molar-refractivity contribution in [2.24, 2.45) is 11.8 Å². The Balaban J connectivity index is 4.90.